The highest BCUT2D eigenvalue weighted by Gasteiger charge is 2.33. The van der Waals surface area contributed by atoms with Crippen molar-refractivity contribution in [2.24, 2.45) is 0 Å². The van der Waals surface area contributed by atoms with Crippen LogP contribution < -0.4 is 9.62 Å². The molecule has 3 rings (SSSR count). The minimum absolute atomic E-state index is 0.0347. The van der Waals surface area contributed by atoms with Crippen LogP contribution in [0.2, 0.25) is 5.02 Å². The van der Waals surface area contributed by atoms with Crippen molar-refractivity contribution in [3.63, 3.8) is 0 Å². The minimum atomic E-state index is -3.81. The van der Waals surface area contributed by atoms with Gasteiger partial charge in [-0.3, -0.25) is 13.9 Å². The Kier molecular flexibility index (Phi) is 9.94. The third kappa shape index (κ3) is 8.07. The summed E-state index contributed by atoms with van der Waals surface area (Å²) in [5.74, 6) is -0.846. The molecular formula is C29H34ClN3O4S. The minimum Gasteiger partial charge on any atom is -0.352 e. The summed E-state index contributed by atoms with van der Waals surface area (Å²) >= 11 is 6.45. The van der Waals surface area contributed by atoms with E-state index >= 15 is 0 Å². The summed E-state index contributed by atoms with van der Waals surface area (Å²) in [6.07, 6.45) is 1.31. The van der Waals surface area contributed by atoms with Gasteiger partial charge in [-0.1, -0.05) is 77.8 Å². The first kappa shape index (κ1) is 29.2. The zero-order valence-corrected chi connectivity index (χ0v) is 23.7. The molecule has 0 aliphatic rings. The highest BCUT2D eigenvalue weighted by Crippen LogP contribution is 2.23. The fourth-order valence-electron chi connectivity index (χ4n) is 4.07. The molecule has 202 valence electrons. The van der Waals surface area contributed by atoms with Crippen LogP contribution in [0.15, 0.2) is 78.9 Å². The molecule has 2 amide bonds. The van der Waals surface area contributed by atoms with Gasteiger partial charge in [0, 0.05) is 24.0 Å². The van der Waals surface area contributed by atoms with E-state index in [9.17, 15) is 18.0 Å². The number of anilines is 1. The number of hydrogen-bond donors (Lipinski definition) is 1. The Balaban J connectivity index is 2.06. The number of hydrogen-bond acceptors (Lipinski definition) is 4. The van der Waals surface area contributed by atoms with Gasteiger partial charge >= 0.3 is 0 Å². The largest absolute Gasteiger partial charge is 0.352 e. The zero-order chi connectivity index (χ0) is 27.9. The first-order valence-corrected chi connectivity index (χ1v) is 14.6. The third-order valence-electron chi connectivity index (χ3n) is 6.00. The zero-order valence-electron chi connectivity index (χ0n) is 22.1. The third-order valence-corrected chi connectivity index (χ3v) is 7.51. The van der Waals surface area contributed by atoms with E-state index in [4.69, 9.17) is 11.6 Å². The number of sulfonamides is 1. The molecule has 0 spiro atoms. The Morgan fingerprint density at radius 2 is 1.53 bits per heavy atom. The van der Waals surface area contributed by atoms with Gasteiger partial charge in [-0.05, 0) is 50.1 Å². The van der Waals surface area contributed by atoms with Gasteiger partial charge in [-0.2, -0.15) is 0 Å². The molecule has 38 heavy (non-hydrogen) atoms. The van der Waals surface area contributed by atoms with Gasteiger partial charge in [0.1, 0.15) is 12.6 Å². The molecule has 1 N–H and O–H groups in total. The van der Waals surface area contributed by atoms with Gasteiger partial charge in [0.2, 0.25) is 21.8 Å². The Hall–Kier alpha value is -3.36. The first-order valence-electron chi connectivity index (χ1n) is 12.4. The molecule has 0 saturated heterocycles. The maximum atomic E-state index is 14.0. The molecule has 0 radical (unpaired) electrons. The van der Waals surface area contributed by atoms with E-state index in [0.29, 0.717) is 16.3 Å². The van der Waals surface area contributed by atoms with Crippen molar-refractivity contribution in [3.8, 4) is 0 Å². The summed E-state index contributed by atoms with van der Waals surface area (Å²) in [7, 11) is -3.81. The Morgan fingerprint density at radius 1 is 0.921 bits per heavy atom. The van der Waals surface area contributed by atoms with Crippen LogP contribution >= 0.6 is 11.6 Å². The van der Waals surface area contributed by atoms with Crippen LogP contribution in [0.3, 0.4) is 0 Å². The van der Waals surface area contributed by atoms with Crippen LogP contribution in [-0.2, 0) is 32.6 Å². The smallest absolute Gasteiger partial charge is 0.244 e. The summed E-state index contributed by atoms with van der Waals surface area (Å²) in [6, 6.07) is 22.3. The quantitative estimate of drug-likeness (QED) is 0.375. The molecule has 0 saturated carbocycles. The van der Waals surface area contributed by atoms with E-state index < -0.39 is 28.5 Å². The van der Waals surface area contributed by atoms with Crippen molar-refractivity contribution < 1.29 is 18.0 Å². The molecule has 7 nitrogen and oxygen atoms in total. The Labute approximate surface area is 230 Å². The molecule has 0 fully saturated rings. The summed E-state index contributed by atoms with van der Waals surface area (Å²) in [6.45, 7) is 5.16. The van der Waals surface area contributed by atoms with Crippen molar-refractivity contribution in [2.45, 2.75) is 45.8 Å². The Bertz CT molecular complexity index is 1350. The molecule has 0 aromatic heterocycles. The predicted octanol–water partition coefficient (Wildman–Crippen LogP) is 4.58. The first-order chi connectivity index (χ1) is 18.0. The maximum Gasteiger partial charge on any atom is 0.244 e. The number of carbonyl (C=O) groups excluding carboxylic acids is 2. The number of aryl methyl sites for hydroxylation is 1. The van der Waals surface area contributed by atoms with E-state index in [-0.39, 0.29) is 24.9 Å². The Morgan fingerprint density at radius 3 is 2.11 bits per heavy atom. The SMILES string of the molecule is Cc1ccc(N(CC(=O)N(Cc2ccccc2Cl)C(Cc2ccccc2)C(=O)NC(C)C)S(C)(=O)=O)cc1. The average Bonchev–Trinajstić information content (AvgIpc) is 2.85. The number of carbonyl (C=O) groups is 2. The predicted molar refractivity (Wildman–Crippen MR) is 153 cm³/mol. The number of halogens is 1. The van der Waals surface area contributed by atoms with E-state index in [1.165, 1.54) is 4.90 Å². The molecule has 0 aliphatic heterocycles. The highest BCUT2D eigenvalue weighted by atomic mass is 35.5. The van der Waals surface area contributed by atoms with E-state index in [2.05, 4.69) is 5.32 Å². The lowest BCUT2D eigenvalue weighted by Crippen LogP contribution is -2.54. The summed E-state index contributed by atoms with van der Waals surface area (Å²) in [5.41, 5.74) is 2.85. The topological polar surface area (TPSA) is 86.8 Å². The second kappa shape index (κ2) is 12.9. The maximum absolute atomic E-state index is 14.0. The standard InChI is InChI=1S/C29H34ClN3O4S/c1-21(2)31-29(35)27(18-23-10-6-5-7-11-23)32(19-24-12-8-9-13-26(24)30)28(34)20-33(38(4,36)37)25-16-14-22(3)15-17-25/h5-17,21,27H,18-20H2,1-4H3,(H,31,35). The number of rotatable bonds is 11. The van der Waals surface area contributed by atoms with Crippen molar-refractivity contribution in [3.05, 3.63) is 101 Å². The monoisotopic (exact) mass is 555 g/mol. The van der Waals surface area contributed by atoms with E-state index in [0.717, 1.165) is 21.7 Å². The molecule has 3 aromatic rings. The number of nitrogens with one attached hydrogen (secondary N) is 1. The lowest BCUT2D eigenvalue weighted by molar-refractivity contribution is -0.140. The average molecular weight is 556 g/mol. The van der Waals surface area contributed by atoms with Crippen LogP contribution in [0.1, 0.15) is 30.5 Å². The summed E-state index contributed by atoms with van der Waals surface area (Å²) < 4.78 is 26.6. The molecule has 0 bridgehead atoms. The molecule has 0 aliphatic carbocycles. The molecule has 1 atom stereocenters. The molecule has 0 heterocycles. The lowest BCUT2D eigenvalue weighted by atomic mass is 10.0. The van der Waals surface area contributed by atoms with Crippen LogP contribution in [0.25, 0.3) is 0 Å². The molecule has 3 aromatic carbocycles. The van der Waals surface area contributed by atoms with Gasteiger partial charge in [-0.25, -0.2) is 8.42 Å². The van der Waals surface area contributed by atoms with Gasteiger partial charge in [0.05, 0.1) is 11.9 Å². The number of nitrogens with zero attached hydrogens (tertiary/aromatic N) is 2. The van der Waals surface area contributed by atoms with Crippen molar-refractivity contribution >= 4 is 39.1 Å². The van der Waals surface area contributed by atoms with Crippen LogP contribution in [0.5, 0.6) is 0 Å². The number of benzene rings is 3. The van der Waals surface area contributed by atoms with Gasteiger partial charge < -0.3 is 10.2 Å². The van der Waals surface area contributed by atoms with E-state index in [1.54, 1.807) is 48.5 Å². The van der Waals surface area contributed by atoms with Gasteiger partial charge in [0.15, 0.2) is 0 Å². The molecule has 9 heteroatoms. The van der Waals surface area contributed by atoms with Crippen LogP contribution in [0.4, 0.5) is 5.69 Å². The van der Waals surface area contributed by atoms with Crippen molar-refractivity contribution in [2.75, 3.05) is 17.1 Å². The van der Waals surface area contributed by atoms with Crippen molar-refractivity contribution in [1.82, 2.24) is 10.2 Å². The second-order valence-corrected chi connectivity index (χ2v) is 11.9. The summed E-state index contributed by atoms with van der Waals surface area (Å²) in [4.78, 5) is 28.9. The lowest BCUT2D eigenvalue weighted by Gasteiger charge is -2.34. The second-order valence-electron chi connectivity index (χ2n) is 9.59. The molecule has 1 unspecified atom stereocenters. The van der Waals surface area contributed by atoms with Gasteiger partial charge in [0.25, 0.3) is 0 Å². The number of amides is 2. The fraction of sp³-hybridized carbons (Fsp3) is 0.310. The fourth-order valence-corrected chi connectivity index (χ4v) is 5.11. The van der Waals surface area contributed by atoms with Gasteiger partial charge in [-0.15, -0.1) is 0 Å². The normalized spacial score (nSPS) is 12.2. The van der Waals surface area contributed by atoms with Crippen LogP contribution in [-0.4, -0.2) is 50.0 Å². The summed E-state index contributed by atoms with van der Waals surface area (Å²) in [5, 5.41) is 3.37. The highest BCUT2D eigenvalue weighted by molar-refractivity contribution is 7.92. The van der Waals surface area contributed by atoms with Crippen LogP contribution in [0, 0.1) is 6.92 Å². The van der Waals surface area contributed by atoms with Crippen molar-refractivity contribution in [1.29, 1.82) is 0 Å². The van der Waals surface area contributed by atoms with E-state index in [1.807, 2.05) is 51.1 Å². The molecular weight excluding hydrogens is 522 g/mol.